The topological polar surface area (TPSA) is 184 Å². The zero-order chi connectivity index (χ0) is 42.5. The molecule has 3 aromatic rings. The highest BCUT2D eigenvalue weighted by Crippen LogP contribution is 2.33. The van der Waals surface area contributed by atoms with Crippen LogP contribution >= 0.6 is 11.3 Å². The summed E-state index contributed by atoms with van der Waals surface area (Å²) in [6.45, 7) is 10.5. The van der Waals surface area contributed by atoms with Crippen molar-refractivity contribution < 1.29 is 33.8 Å². The minimum absolute atomic E-state index is 0.0355. The number of hydrogen-bond acceptors (Lipinski definition) is 10. The summed E-state index contributed by atoms with van der Waals surface area (Å²) in [5.74, 6) is -2.85. The number of Topliss-reactive ketones (excluding diaryl/α,β-unsaturated/α-hetero) is 1. The Labute approximate surface area is 347 Å². The molecule has 7 atom stereocenters. The maximum atomic E-state index is 14.5. The van der Waals surface area contributed by atoms with Gasteiger partial charge >= 0.3 is 12.1 Å². The fourth-order valence-corrected chi connectivity index (χ4v) is 8.47. The molecule has 1 fully saturated rings. The third-order valence-electron chi connectivity index (χ3n) is 11.4. The lowest BCUT2D eigenvalue weighted by Crippen LogP contribution is -2.48. The number of thiazole rings is 1. The molecule has 0 spiro atoms. The highest BCUT2D eigenvalue weighted by atomic mass is 32.1. The van der Waals surface area contributed by atoms with Crippen molar-refractivity contribution in [2.24, 2.45) is 23.7 Å². The van der Waals surface area contributed by atoms with Crippen LogP contribution in [0.5, 0.6) is 0 Å². The number of rotatable bonds is 20. The van der Waals surface area contributed by atoms with Crippen LogP contribution in [0, 0.1) is 23.7 Å². The number of benzene rings is 2. The normalized spacial score (nSPS) is 17.6. The van der Waals surface area contributed by atoms with Crippen LogP contribution < -0.4 is 16.4 Å². The molecule has 5 N–H and O–H groups in total. The first-order valence-electron chi connectivity index (χ1n) is 20.4. The number of nitrogens with two attached hydrogens (primary N) is 1. The second-order valence-electron chi connectivity index (χ2n) is 16.2. The van der Waals surface area contributed by atoms with Crippen molar-refractivity contribution in [1.29, 1.82) is 0 Å². The molecule has 1 aliphatic rings. The number of aromatic nitrogens is 1. The van der Waals surface area contributed by atoms with Gasteiger partial charge in [-0.05, 0) is 80.9 Å². The van der Waals surface area contributed by atoms with Crippen molar-refractivity contribution in [3.8, 4) is 0 Å². The van der Waals surface area contributed by atoms with Crippen molar-refractivity contribution in [1.82, 2.24) is 20.1 Å². The molecule has 0 unspecified atom stereocenters. The number of para-hydroxylation sites is 1. The van der Waals surface area contributed by atoms with Gasteiger partial charge in [0.15, 0.2) is 11.9 Å². The van der Waals surface area contributed by atoms with Crippen molar-refractivity contribution in [3.63, 3.8) is 0 Å². The number of likely N-dealkylation sites (tertiary alicyclic amines) is 1. The van der Waals surface area contributed by atoms with E-state index in [1.165, 1.54) is 0 Å². The molecule has 2 aromatic carbocycles. The van der Waals surface area contributed by atoms with Crippen molar-refractivity contribution >= 4 is 52.4 Å². The molecule has 2 heterocycles. The molecule has 3 amide bonds. The minimum Gasteiger partial charge on any atom is -0.481 e. The highest BCUT2D eigenvalue weighted by Gasteiger charge is 2.38. The Morgan fingerprint density at radius 2 is 1.71 bits per heavy atom. The number of nitrogen functional groups attached to an aromatic ring is 1. The van der Waals surface area contributed by atoms with Gasteiger partial charge < -0.3 is 25.8 Å². The van der Waals surface area contributed by atoms with E-state index in [-0.39, 0.29) is 54.5 Å². The average Bonchev–Trinajstić information content (AvgIpc) is 3.69. The van der Waals surface area contributed by atoms with E-state index >= 15 is 0 Å². The fourth-order valence-electron chi connectivity index (χ4n) is 7.63. The molecule has 1 saturated heterocycles. The molecule has 14 heteroatoms. The quantitative estimate of drug-likeness (QED) is 0.0836. The number of nitrogens with zero attached hydrogens (tertiary/aromatic N) is 3. The predicted octanol–water partition coefficient (Wildman–Crippen LogP) is 7.45. The van der Waals surface area contributed by atoms with Gasteiger partial charge in [-0.25, -0.2) is 9.78 Å². The number of ether oxygens (including phenoxy) is 1. The molecule has 0 radical (unpaired) electrons. The van der Waals surface area contributed by atoms with Crippen molar-refractivity contribution in [3.05, 3.63) is 76.2 Å². The Bertz CT molecular complexity index is 1820. The summed E-state index contributed by atoms with van der Waals surface area (Å²) in [6, 6.07) is 14.9. The summed E-state index contributed by atoms with van der Waals surface area (Å²) >= 11 is 1.16. The summed E-state index contributed by atoms with van der Waals surface area (Å²) in [6.07, 6.45) is 2.81. The molecular weight excluding hydrogens is 757 g/mol. The van der Waals surface area contributed by atoms with E-state index in [2.05, 4.69) is 20.5 Å². The van der Waals surface area contributed by atoms with Crippen LogP contribution in [-0.4, -0.2) is 88.3 Å². The van der Waals surface area contributed by atoms with E-state index in [0.717, 1.165) is 49.1 Å². The lowest BCUT2D eigenvalue weighted by molar-refractivity contribution is -0.143. The van der Waals surface area contributed by atoms with Crippen molar-refractivity contribution in [2.75, 3.05) is 31.7 Å². The summed E-state index contributed by atoms with van der Waals surface area (Å²) in [4.78, 5) is 75.5. The van der Waals surface area contributed by atoms with Gasteiger partial charge in [0.05, 0.1) is 12.0 Å². The van der Waals surface area contributed by atoms with Crippen LogP contribution in [-0.2, 0) is 25.5 Å². The summed E-state index contributed by atoms with van der Waals surface area (Å²) < 4.78 is 6.07. The second-order valence-corrected chi connectivity index (χ2v) is 17.1. The van der Waals surface area contributed by atoms with Crippen LogP contribution in [0.2, 0.25) is 0 Å². The van der Waals surface area contributed by atoms with Crippen LogP contribution in [0.4, 0.5) is 16.2 Å². The van der Waals surface area contributed by atoms with E-state index in [4.69, 9.17) is 10.5 Å². The molecule has 1 aromatic heterocycles. The largest absolute Gasteiger partial charge is 0.481 e. The zero-order valence-corrected chi connectivity index (χ0v) is 35.8. The summed E-state index contributed by atoms with van der Waals surface area (Å²) in [5, 5.41) is 17.3. The molecule has 13 nitrogen and oxygen atoms in total. The third-order valence-corrected chi connectivity index (χ3v) is 12.4. The van der Waals surface area contributed by atoms with Crippen LogP contribution in [0.3, 0.4) is 0 Å². The average molecular weight is 819 g/mol. The van der Waals surface area contributed by atoms with Gasteiger partial charge in [-0.3, -0.25) is 29.4 Å². The van der Waals surface area contributed by atoms with E-state index in [1.807, 2.05) is 52.9 Å². The zero-order valence-electron chi connectivity index (χ0n) is 35.0. The highest BCUT2D eigenvalue weighted by molar-refractivity contribution is 7.09. The first-order valence-corrected chi connectivity index (χ1v) is 21.3. The minimum atomic E-state index is -0.969. The number of carboxylic acids is 1. The van der Waals surface area contributed by atoms with Crippen molar-refractivity contribution in [2.45, 2.75) is 110 Å². The number of hydrogen-bond donors (Lipinski definition) is 4. The number of carboxylic acid groups (broad SMARTS) is 1. The van der Waals surface area contributed by atoms with Gasteiger partial charge in [0.2, 0.25) is 5.91 Å². The maximum absolute atomic E-state index is 14.5. The number of anilines is 2. The number of carbonyl (C=O) groups excluding carboxylic acids is 4. The van der Waals surface area contributed by atoms with Crippen LogP contribution in [0.25, 0.3) is 0 Å². The van der Waals surface area contributed by atoms with E-state index < -0.39 is 48.0 Å². The second kappa shape index (κ2) is 21.8. The molecule has 316 valence electrons. The molecular formula is C44H62N6O7S. The number of nitrogens with one attached hydrogen (secondary N) is 2. The van der Waals surface area contributed by atoms with Gasteiger partial charge in [-0.2, -0.15) is 0 Å². The van der Waals surface area contributed by atoms with Gasteiger partial charge in [-0.15, -0.1) is 11.3 Å². The van der Waals surface area contributed by atoms with Crippen LogP contribution in [0.15, 0.2) is 60.0 Å². The Morgan fingerprint density at radius 1 is 1.02 bits per heavy atom. The summed E-state index contributed by atoms with van der Waals surface area (Å²) in [5.41, 5.74) is 7.97. The Morgan fingerprint density at radius 3 is 2.33 bits per heavy atom. The fraction of sp³-hybridized carbons (Fsp3) is 0.545. The summed E-state index contributed by atoms with van der Waals surface area (Å²) in [7, 11) is 3.73. The van der Waals surface area contributed by atoms with Crippen LogP contribution in [0.1, 0.15) is 107 Å². The predicted molar refractivity (Wildman–Crippen MR) is 227 cm³/mol. The SMILES string of the molecule is CC[C@H](C)[C@H](CC(=O)[C@H]1CCCCN1C)C(=O)N(C)[C@H](C[C@@H](OC(=O)Nc1ccccc1)c1nc(C(=O)N[C@@H](Cc2ccc(N)cc2)C[C@H](C)C(=O)O)cs1)C(C)C. The number of aliphatic carboxylic acids is 1. The van der Waals surface area contributed by atoms with E-state index in [0.29, 0.717) is 22.8 Å². The number of carbonyl (C=O) groups is 5. The first kappa shape index (κ1) is 45.9. The van der Waals surface area contributed by atoms with Gasteiger partial charge in [0, 0.05) is 54.6 Å². The monoisotopic (exact) mass is 818 g/mol. The molecule has 0 bridgehead atoms. The number of ketones is 1. The molecule has 1 aliphatic heterocycles. The number of amides is 3. The van der Waals surface area contributed by atoms with Gasteiger partial charge in [-0.1, -0.05) is 77.8 Å². The van der Waals surface area contributed by atoms with Gasteiger partial charge in [0.25, 0.3) is 5.91 Å². The molecule has 58 heavy (non-hydrogen) atoms. The Kier molecular flexibility index (Phi) is 17.2. The standard InChI is InChI=1S/C44H62N6O7S/c1-8-28(4)34(24-38(51)36-16-12-13-21-49(36)6)42(53)50(7)37(27(2)3)25-39(57-44(56)47-32-14-10-9-11-15-32)41-48-35(26-58-41)40(52)46-33(22-29(5)43(54)55)23-30-17-19-31(45)20-18-30/h9-11,14-15,17-20,26-29,33-34,36-37,39H,8,12-13,16,21-25,45H2,1-7H3,(H,46,52)(H,47,56)(H,54,55)/t28-,29-,33+,34-,36+,37+,39+/m0/s1. The number of likely N-dealkylation sites (N-methyl/N-ethyl adjacent to an activating group) is 1. The van der Waals surface area contributed by atoms with Gasteiger partial charge in [0.1, 0.15) is 10.7 Å². The lowest BCUT2D eigenvalue weighted by Gasteiger charge is -2.37. The molecule has 0 aliphatic carbocycles. The Balaban J connectivity index is 1.59. The van der Waals surface area contributed by atoms with E-state index in [9.17, 15) is 29.1 Å². The maximum Gasteiger partial charge on any atom is 0.412 e. The smallest absolute Gasteiger partial charge is 0.412 e. The molecule has 4 rings (SSSR count). The first-order chi connectivity index (χ1) is 27.6. The Hall–Kier alpha value is -4.82. The third kappa shape index (κ3) is 13.1. The number of piperidine rings is 1. The molecule has 0 saturated carbocycles. The van der Waals surface area contributed by atoms with E-state index in [1.54, 1.807) is 60.6 Å². The lowest BCUT2D eigenvalue weighted by atomic mass is 9.83.